The van der Waals surface area contributed by atoms with Gasteiger partial charge in [0, 0.05) is 6.92 Å². The zero-order valence-electron chi connectivity index (χ0n) is 48.0. The van der Waals surface area contributed by atoms with Gasteiger partial charge in [-0.1, -0.05) is 233 Å². The van der Waals surface area contributed by atoms with E-state index in [1.165, 1.54) is 154 Å². The van der Waals surface area contributed by atoms with Crippen molar-refractivity contribution in [3.8, 4) is 0 Å². The predicted octanol–water partition coefficient (Wildman–Crippen LogP) is 7.67. The van der Waals surface area contributed by atoms with Gasteiger partial charge < -0.3 is 75.5 Å². The number of aliphatic hydroxyl groups excluding tert-OH is 9. The number of carbonyl (C=O) groups is 2. The molecule has 17 nitrogen and oxygen atoms in total. The lowest BCUT2D eigenvalue weighted by Crippen LogP contribution is -2.67. The molecule has 0 radical (unpaired) electrons. The van der Waals surface area contributed by atoms with Gasteiger partial charge >= 0.3 is 0 Å². The Morgan fingerprint density at radius 3 is 1.34 bits per heavy atom. The molecule has 2 saturated heterocycles. The summed E-state index contributed by atoms with van der Waals surface area (Å²) in [5.74, 6) is -0.599. The fraction of sp³-hybridized carbons (Fsp3) is 0.966. The van der Waals surface area contributed by atoms with Crippen LogP contribution < -0.4 is 10.6 Å². The van der Waals surface area contributed by atoms with Crippen LogP contribution in [0.5, 0.6) is 0 Å². The van der Waals surface area contributed by atoms with E-state index in [4.69, 9.17) is 18.9 Å². The quantitative estimate of drug-likeness (QED) is 0.0261. The Morgan fingerprint density at radius 1 is 0.513 bits per heavy atom. The van der Waals surface area contributed by atoms with Gasteiger partial charge in [-0.25, -0.2) is 0 Å². The number of aliphatic hydroxyl groups is 9. The molecule has 2 heterocycles. The number of carbonyl (C=O) groups excluding carboxylic acids is 2. The van der Waals surface area contributed by atoms with Crippen LogP contribution in [0.3, 0.4) is 0 Å². The Bertz CT molecular complexity index is 1400. The van der Waals surface area contributed by atoms with Crippen molar-refractivity contribution in [1.29, 1.82) is 0 Å². The van der Waals surface area contributed by atoms with Crippen molar-refractivity contribution in [3.05, 3.63) is 0 Å². The molecular formula is C59H114N2O15. The van der Waals surface area contributed by atoms with Gasteiger partial charge in [-0.15, -0.1) is 0 Å². The normalized spacial score (nSPS) is 25.6. The summed E-state index contributed by atoms with van der Waals surface area (Å²) in [5, 5.41) is 102. The molecule has 450 valence electrons. The average Bonchev–Trinajstić information content (AvgIpc) is 3.40. The van der Waals surface area contributed by atoms with Crippen LogP contribution in [0.1, 0.15) is 252 Å². The molecule has 0 aromatic rings. The molecule has 2 aliphatic rings. The minimum Gasteiger partial charge on any atom is -0.394 e. The van der Waals surface area contributed by atoms with Gasteiger partial charge in [0.05, 0.1) is 32.0 Å². The zero-order chi connectivity index (χ0) is 55.9. The van der Waals surface area contributed by atoms with Crippen LogP contribution in [0.4, 0.5) is 0 Å². The monoisotopic (exact) mass is 1090 g/mol. The second-order valence-corrected chi connectivity index (χ2v) is 23.0. The van der Waals surface area contributed by atoms with E-state index in [0.29, 0.717) is 12.8 Å². The van der Waals surface area contributed by atoms with Gasteiger partial charge in [-0.05, 0) is 18.8 Å². The number of hydrogen-bond donors (Lipinski definition) is 11. The number of amides is 2. The SMILES string of the molecule is CCCCCCCCCCCCCCCCCCCCCC[C@@H](O)C(=O)N[C@@H](CO[C@H]1O[C@H](CO)[C@H](O[C@H]2O[C@H](CO)[C@@H](O)[C@H](O)[C@H]2NC(C)=O)[C@H](O)[C@H]1O)[C@H](O)[C@H](O)CCCCCCCCCCCCCCC(C)C. The van der Waals surface area contributed by atoms with Crippen molar-refractivity contribution >= 4 is 11.8 Å². The largest absolute Gasteiger partial charge is 0.394 e. The summed E-state index contributed by atoms with van der Waals surface area (Å²) in [6.45, 7) is 5.92. The van der Waals surface area contributed by atoms with Crippen LogP contribution in [0.2, 0.25) is 0 Å². The molecule has 0 bridgehead atoms. The first-order valence-electron chi connectivity index (χ1n) is 30.8. The lowest BCUT2D eigenvalue weighted by molar-refractivity contribution is -0.347. The molecule has 0 saturated carbocycles. The third kappa shape index (κ3) is 30.3. The van der Waals surface area contributed by atoms with Gasteiger partial charge in [0.1, 0.15) is 61.0 Å². The summed E-state index contributed by atoms with van der Waals surface area (Å²) in [6, 6.07) is -2.67. The van der Waals surface area contributed by atoms with E-state index in [1.54, 1.807) is 0 Å². The van der Waals surface area contributed by atoms with Crippen LogP contribution in [0.15, 0.2) is 0 Å². The highest BCUT2D eigenvalue weighted by molar-refractivity contribution is 5.80. The van der Waals surface area contributed by atoms with E-state index >= 15 is 0 Å². The molecule has 2 aliphatic heterocycles. The van der Waals surface area contributed by atoms with Gasteiger partial charge in [0.15, 0.2) is 12.6 Å². The molecule has 14 atom stereocenters. The fourth-order valence-corrected chi connectivity index (χ4v) is 10.6. The van der Waals surface area contributed by atoms with Gasteiger partial charge in [-0.2, -0.15) is 0 Å². The van der Waals surface area contributed by atoms with Crippen LogP contribution in [-0.2, 0) is 28.5 Å². The third-order valence-corrected chi connectivity index (χ3v) is 15.6. The number of rotatable bonds is 48. The maximum absolute atomic E-state index is 13.4. The molecule has 0 unspecified atom stereocenters. The lowest BCUT2D eigenvalue weighted by atomic mass is 9.95. The molecular weight excluding hydrogens is 977 g/mol. The standard InChI is InChI=1S/C59H114N2O15/c1-5-6-7-8-9-10-11-12-13-14-15-16-17-18-19-24-27-30-33-36-39-47(66)57(72)61-45(51(67)46(65)38-35-32-29-26-23-21-20-22-25-28-31-34-37-43(2)3)42-73-59-55(71)54(70)56(49(41-63)75-59)76-58-50(60-44(4)64)53(69)52(68)48(40-62)74-58/h43,45-56,58-59,62-63,65-71H,5-42H2,1-4H3,(H,60,64)(H,61,72)/t45-,46+,47+,48+,49+,50+,51-,52+,53+,54+,55+,56-,58+,59-/m0/s1. The molecule has 11 N–H and O–H groups in total. The highest BCUT2D eigenvalue weighted by atomic mass is 16.7. The Morgan fingerprint density at radius 2 is 0.921 bits per heavy atom. The van der Waals surface area contributed by atoms with Crippen molar-refractivity contribution in [2.75, 3.05) is 19.8 Å². The highest BCUT2D eigenvalue weighted by Gasteiger charge is 2.51. The lowest BCUT2D eigenvalue weighted by Gasteiger charge is -2.47. The number of hydrogen-bond acceptors (Lipinski definition) is 15. The first-order chi connectivity index (χ1) is 36.7. The number of ether oxygens (including phenoxy) is 4. The molecule has 2 amide bonds. The second-order valence-electron chi connectivity index (χ2n) is 23.0. The zero-order valence-corrected chi connectivity index (χ0v) is 48.0. The Kier molecular flexibility index (Phi) is 40.9. The van der Waals surface area contributed by atoms with E-state index in [0.717, 1.165) is 57.8 Å². The molecule has 0 aromatic carbocycles. The summed E-state index contributed by atoms with van der Waals surface area (Å²) in [4.78, 5) is 25.4. The molecule has 2 rings (SSSR count). The van der Waals surface area contributed by atoms with Crippen LogP contribution >= 0.6 is 0 Å². The smallest absolute Gasteiger partial charge is 0.249 e. The third-order valence-electron chi connectivity index (χ3n) is 15.6. The summed E-state index contributed by atoms with van der Waals surface area (Å²) in [6.07, 6.45) is 21.6. The molecule has 76 heavy (non-hydrogen) atoms. The topological polar surface area (TPSA) is 277 Å². The summed E-state index contributed by atoms with van der Waals surface area (Å²) >= 11 is 0. The van der Waals surface area contributed by atoms with Crippen molar-refractivity contribution in [2.45, 2.75) is 338 Å². The number of nitrogens with one attached hydrogen (secondary N) is 2. The molecule has 17 heteroatoms. The van der Waals surface area contributed by atoms with Crippen LogP contribution in [0.25, 0.3) is 0 Å². The Hall–Kier alpha value is -1.58. The van der Waals surface area contributed by atoms with E-state index in [9.17, 15) is 55.5 Å². The minimum absolute atomic E-state index is 0.203. The van der Waals surface area contributed by atoms with E-state index in [-0.39, 0.29) is 12.8 Å². The molecule has 0 spiro atoms. The Balaban J connectivity index is 1.88. The first kappa shape index (κ1) is 70.5. The maximum Gasteiger partial charge on any atom is 0.249 e. The summed E-state index contributed by atoms with van der Waals surface area (Å²) < 4.78 is 23.2. The van der Waals surface area contributed by atoms with Crippen molar-refractivity contribution < 1.29 is 74.5 Å². The van der Waals surface area contributed by atoms with E-state index < -0.39 is 117 Å². The summed E-state index contributed by atoms with van der Waals surface area (Å²) in [5.41, 5.74) is 0. The van der Waals surface area contributed by atoms with Crippen LogP contribution in [-0.4, -0.2) is 163 Å². The van der Waals surface area contributed by atoms with Crippen LogP contribution in [0, 0.1) is 5.92 Å². The van der Waals surface area contributed by atoms with Gasteiger partial charge in [-0.3, -0.25) is 9.59 Å². The van der Waals surface area contributed by atoms with Gasteiger partial charge in [0.25, 0.3) is 0 Å². The number of unbranched alkanes of at least 4 members (excludes halogenated alkanes) is 30. The maximum atomic E-state index is 13.4. The predicted molar refractivity (Wildman–Crippen MR) is 296 cm³/mol. The molecule has 2 fully saturated rings. The van der Waals surface area contributed by atoms with Crippen molar-refractivity contribution in [2.24, 2.45) is 5.92 Å². The second kappa shape index (κ2) is 44.1. The first-order valence-corrected chi connectivity index (χ1v) is 30.8. The average molecular weight is 1090 g/mol. The van der Waals surface area contributed by atoms with E-state index in [2.05, 4.69) is 31.4 Å². The Labute approximate surface area is 459 Å². The highest BCUT2D eigenvalue weighted by Crippen LogP contribution is 2.30. The summed E-state index contributed by atoms with van der Waals surface area (Å²) in [7, 11) is 0. The molecule has 0 aromatic heterocycles. The van der Waals surface area contributed by atoms with Crippen molar-refractivity contribution in [3.63, 3.8) is 0 Å². The van der Waals surface area contributed by atoms with Gasteiger partial charge in [0.2, 0.25) is 11.8 Å². The van der Waals surface area contributed by atoms with Crippen molar-refractivity contribution in [1.82, 2.24) is 10.6 Å². The minimum atomic E-state index is -1.86. The molecule has 0 aliphatic carbocycles. The fourth-order valence-electron chi connectivity index (χ4n) is 10.6. The van der Waals surface area contributed by atoms with E-state index in [1.807, 2.05) is 0 Å².